The lowest BCUT2D eigenvalue weighted by molar-refractivity contribution is 0.301. The van der Waals surface area contributed by atoms with E-state index in [9.17, 15) is 4.57 Å². The van der Waals surface area contributed by atoms with Gasteiger partial charge in [-0.3, -0.25) is 0 Å². The summed E-state index contributed by atoms with van der Waals surface area (Å²) in [6.45, 7) is 0. The van der Waals surface area contributed by atoms with Gasteiger partial charge in [0.15, 0.2) is 7.14 Å². The van der Waals surface area contributed by atoms with E-state index in [-0.39, 0.29) is 5.66 Å². The Morgan fingerprint density at radius 1 is 0.833 bits per heavy atom. The lowest BCUT2D eigenvalue weighted by Crippen LogP contribution is -2.29. The quantitative estimate of drug-likeness (QED) is 0.757. The first-order chi connectivity index (χ1) is 11.8. The van der Waals surface area contributed by atoms with E-state index in [4.69, 9.17) is 4.74 Å². The van der Waals surface area contributed by atoms with Crippen LogP contribution in [-0.2, 0) is 9.30 Å². The molecule has 2 nitrogen and oxygen atoms in total. The smallest absolute Gasteiger partial charge is 0.153 e. The number of ether oxygens (including phenoxy) is 1. The largest absolute Gasteiger partial charge is 0.470 e. The highest BCUT2D eigenvalue weighted by atomic mass is 31.2. The van der Waals surface area contributed by atoms with E-state index >= 15 is 0 Å². The average molecular weight is 336 g/mol. The second kappa shape index (κ2) is 6.45. The summed E-state index contributed by atoms with van der Waals surface area (Å²) in [7, 11) is -2.81. The van der Waals surface area contributed by atoms with E-state index in [0.29, 0.717) is 0 Å². The molecule has 0 unspecified atom stereocenters. The molecule has 1 heterocycles. The SMILES string of the molecule is O=P(c1ccccc1)(c1ccccc1)[C@@H]1C=COC2=C1CCCC2. The summed E-state index contributed by atoms with van der Waals surface area (Å²) in [5, 5.41) is 1.84. The van der Waals surface area contributed by atoms with Crippen molar-refractivity contribution in [2.75, 3.05) is 0 Å². The Hall–Kier alpha value is -2.05. The Bertz CT molecular complexity index is 778. The molecule has 3 heteroatoms. The average Bonchev–Trinajstić information content (AvgIpc) is 2.68. The summed E-state index contributed by atoms with van der Waals surface area (Å²) in [4.78, 5) is 0. The number of hydrogen-bond donors (Lipinski definition) is 0. The standard InChI is InChI=1S/C21H21O2P/c22-24(17-9-3-1-4-10-17,18-11-5-2-6-12-18)21-15-16-23-20-14-8-7-13-19(20)21/h1-6,9-12,15-16,21H,7-8,13-14H2/t21-/m1/s1. The first-order valence-corrected chi connectivity index (χ1v) is 10.3. The van der Waals surface area contributed by atoms with Crippen molar-refractivity contribution in [2.24, 2.45) is 0 Å². The van der Waals surface area contributed by atoms with Crippen LogP contribution in [0.4, 0.5) is 0 Å². The fourth-order valence-corrected chi connectivity index (χ4v) is 6.97. The molecule has 1 atom stereocenters. The van der Waals surface area contributed by atoms with Gasteiger partial charge in [0.2, 0.25) is 0 Å². The molecule has 0 saturated heterocycles. The molecule has 0 spiro atoms. The van der Waals surface area contributed by atoms with E-state index in [1.54, 1.807) is 6.26 Å². The molecule has 0 saturated carbocycles. The van der Waals surface area contributed by atoms with Gasteiger partial charge in [-0.05, 0) is 30.9 Å². The zero-order valence-corrected chi connectivity index (χ0v) is 14.5. The van der Waals surface area contributed by atoms with Crippen LogP contribution in [0.2, 0.25) is 0 Å². The molecule has 2 aromatic rings. The van der Waals surface area contributed by atoms with Crippen molar-refractivity contribution in [3.8, 4) is 0 Å². The molecule has 1 aliphatic carbocycles. The summed E-state index contributed by atoms with van der Waals surface area (Å²) in [5.41, 5.74) is 1.14. The van der Waals surface area contributed by atoms with Gasteiger partial charge in [0.1, 0.15) is 5.76 Å². The first-order valence-electron chi connectivity index (χ1n) is 8.56. The summed E-state index contributed by atoms with van der Waals surface area (Å²) >= 11 is 0. The fraction of sp³-hybridized carbons (Fsp3) is 0.238. The third-order valence-electron chi connectivity index (χ3n) is 4.96. The van der Waals surface area contributed by atoms with E-state index in [2.05, 4.69) is 0 Å². The van der Waals surface area contributed by atoms with Gasteiger partial charge >= 0.3 is 0 Å². The Balaban J connectivity index is 1.91. The van der Waals surface area contributed by atoms with Gasteiger partial charge in [-0.2, -0.15) is 0 Å². The molecule has 2 aliphatic rings. The van der Waals surface area contributed by atoms with Crippen LogP contribution in [0.5, 0.6) is 0 Å². The van der Waals surface area contributed by atoms with E-state index < -0.39 is 7.14 Å². The summed E-state index contributed by atoms with van der Waals surface area (Å²) in [6, 6.07) is 19.9. The van der Waals surface area contributed by atoms with Crippen LogP contribution in [0.1, 0.15) is 25.7 Å². The molecule has 0 aromatic heterocycles. The van der Waals surface area contributed by atoms with E-state index in [0.717, 1.165) is 42.1 Å². The first kappa shape index (κ1) is 15.5. The maximum absolute atomic E-state index is 14.5. The van der Waals surface area contributed by atoms with Crippen molar-refractivity contribution in [1.82, 2.24) is 0 Å². The van der Waals surface area contributed by atoms with E-state index in [1.807, 2.05) is 66.7 Å². The van der Waals surface area contributed by atoms with Crippen LogP contribution in [0.25, 0.3) is 0 Å². The predicted molar refractivity (Wildman–Crippen MR) is 99.3 cm³/mol. The van der Waals surface area contributed by atoms with Crippen LogP contribution < -0.4 is 10.6 Å². The normalized spacial score (nSPS) is 20.4. The zero-order valence-electron chi connectivity index (χ0n) is 13.6. The lowest BCUT2D eigenvalue weighted by atomic mass is 9.94. The summed E-state index contributed by atoms with van der Waals surface area (Å²) < 4.78 is 20.2. The summed E-state index contributed by atoms with van der Waals surface area (Å²) in [6.07, 6.45) is 7.99. The van der Waals surface area contributed by atoms with Gasteiger partial charge in [0.25, 0.3) is 0 Å². The van der Waals surface area contributed by atoms with Gasteiger partial charge < -0.3 is 9.30 Å². The Kier molecular flexibility index (Phi) is 4.16. The molecule has 0 N–H and O–H groups in total. The third-order valence-corrected chi connectivity index (χ3v) is 8.36. The van der Waals surface area contributed by atoms with E-state index in [1.165, 1.54) is 5.57 Å². The maximum atomic E-state index is 14.5. The molecular formula is C21H21O2P. The number of benzene rings is 2. The molecule has 2 aromatic carbocycles. The zero-order chi connectivity index (χ0) is 16.4. The molecular weight excluding hydrogens is 315 g/mol. The molecule has 122 valence electrons. The van der Waals surface area contributed by atoms with Crippen LogP contribution in [0.15, 0.2) is 84.3 Å². The number of allylic oxidation sites excluding steroid dienone is 3. The second-order valence-corrected chi connectivity index (χ2v) is 9.28. The predicted octanol–water partition coefficient (Wildman–Crippen LogP) is 4.74. The van der Waals surface area contributed by atoms with Crippen molar-refractivity contribution < 1.29 is 9.30 Å². The van der Waals surface area contributed by atoms with Crippen molar-refractivity contribution in [1.29, 1.82) is 0 Å². The molecule has 4 rings (SSSR count). The van der Waals surface area contributed by atoms with Crippen LogP contribution in [-0.4, -0.2) is 5.66 Å². The monoisotopic (exact) mass is 336 g/mol. The van der Waals surface area contributed by atoms with Crippen LogP contribution in [0.3, 0.4) is 0 Å². The number of rotatable bonds is 3. The van der Waals surface area contributed by atoms with Crippen molar-refractivity contribution in [3.05, 3.63) is 84.3 Å². The fourth-order valence-electron chi connectivity index (χ4n) is 3.77. The third kappa shape index (κ3) is 2.56. The highest BCUT2D eigenvalue weighted by Gasteiger charge is 2.40. The van der Waals surface area contributed by atoms with Gasteiger partial charge in [0.05, 0.1) is 11.9 Å². The highest BCUT2D eigenvalue weighted by Crippen LogP contribution is 2.55. The molecule has 0 bridgehead atoms. The van der Waals surface area contributed by atoms with Gasteiger partial charge in [0, 0.05) is 17.0 Å². The lowest BCUT2D eigenvalue weighted by Gasteiger charge is -2.33. The van der Waals surface area contributed by atoms with Gasteiger partial charge in [-0.15, -0.1) is 0 Å². The Labute approximate surface area is 143 Å². The molecule has 0 radical (unpaired) electrons. The topological polar surface area (TPSA) is 26.3 Å². The molecule has 0 fully saturated rings. The molecule has 1 aliphatic heterocycles. The van der Waals surface area contributed by atoms with Gasteiger partial charge in [-0.25, -0.2) is 0 Å². The molecule has 24 heavy (non-hydrogen) atoms. The van der Waals surface area contributed by atoms with Gasteiger partial charge in [-0.1, -0.05) is 60.7 Å². The minimum atomic E-state index is -2.81. The second-order valence-electron chi connectivity index (χ2n) is 6.38. The summed E-state index contributed by atoms with van der Waals surface area (Å²) in [5.74, 6) is 1.04. The number of hydrogen-bond acceptors (Lipinski definition) is 2. The van der Waals surface area contributed by atoms with Crippen LogP contribution in [0, 0.1) is 0 Å². The highest BCUT2D eigenvalue weighted by molar-refractivity contribution is 7.79. The maximum Gasteiger partial charge on any atom is 0.153 e. The minimum Gasteiger partial charge on any atom is -0.470 e. The Morgan fingerprint density at radius 2 is 1.42 bits per heavy atom. The van der Waals surface area contributed by atoms with Crippen LogP contribution >= 0.6 is 7.14 Å². The van der Waals surface area contributed by atoms with Crippen molar-refractivity contribution >= 4 is 17.8 Å². The Morgan fingerprint density at radius 3 is 2.04 bits per heavy atom. The molecule has 0 amide bonds. The van der Waals surface area contributed by atoms with Crippen molar-refractivity contribution in [2.45, 2.75) is 31.3 Å². The minimum absolute atomic E-state index is 0.0913. The van der Waals surface area contributed by atoms with Crippen molar-refractivity contribution in [3.63, 3.8) is 0 Å².